The fourth-order valence-corrected chi connectivity index (χ4v) is 4.92. The molecule has 0 aliphatic heterocycles. The molecule has 0 aliphatic rings. The van der Waals surface area contributed by atoms with Crippen molar-refractivity contribution < 1.29 is 8.42 Å². The van der Waals surface area contributed by atoms with Crippen LogP contribution in [0.5, 0.6) is 0 Å². The summed E-state index contributed by atoms with van der Waals surface area (Å²) in [5.41, 5.74) is 1.68. The van der Waals surface area contributed by atoms with Crippen LogP contribution in [0.4, 0.5) is 0 Å². The normalized spacial score (nSPS) is 12.4. The van der Waals surface area contributed by atoms with Gasteiger partial charge in [-0.1, -0.05) is 30.3 Å². The predicted octanol–water partition coefficient (Wildman–Crippen LogP) is 2.87. The van der Waals surface area contributed by atoms with Crippen molar-refractivity contribution >= 4 is 27.3 Å². The number of guanidine groups is 1. The Morgan fingerprint density at radius 2 is 1.86 bits per heavy atom. The van der Waals surface area contributed by atoms with Gasteiger partial charge in [0.15, 0.2) is 5.96 Å². The summed E-state index contributed by atoms with van der Waals surface area (Å²) in [6, 6.07) is 11.6. The summed E-state index contributed by atoms with van der Waals surface area (Å²) in [5, 5.41) is 8.65. The van der Waals surface area contributed by atoms with Gasteiger partial charge in [-0.05, 0) is 49.8 Å². The largest absolute Gasteiger partial charge is 0.357 e. The summed E-state index contributed by atoms with van der Waals surface area (Å²) in [6.45, 7) is 7.63. The molecule has 6 nitrogen and oxygen atoms in total. The third-order valence-corrected chi connectivity index (χ3v) is 6.33. The molecule has 0 amide bonds. The zero-order chi connectivity index (χ0) is 20.4. The average Bonchev–Trinajstić information content (AvgIpc) is 3.12. The van der Waals surface area contributed by atoms with Crippen molar-refractivity contribution in [2.75, 3.05) is 13.1 Å². The van der Waals surface area contributed by atoms with E-state index >= 15 is 0 Å². The highest BCUT2D eigenvalue weighted by atomic mass is 32.2. The lowest BCUT2D eigenvalue weighted by Crippen LogP contribution is -2.38. The molecule has 0 atom stereocenters. The van der Waals surface area contributed by atoms with E-state index in [1.165, 1.54) is 4.88 Å². The number of thiophene rings is 1. The summed E-state index contributed by atoms with van der Waals surface area (Å²) in [4.78, 5) is 5.97. The highest BCUT2D eigenvalue weighted by molar-refractivity contribution is 7.88. The minimum absolute atomic E-state index is 0.0424. The molecule has 8 heteroatoms. The Hall–Kier alpha value is -1.90. The van der Waals surface area contributed by atoms with Crippen LogP contribution in [0.15, 0.2) is 46.8 Å². The quantitative estimate of drug-likeness (QED) is 0.406. The monoisotopic (exact) mass is 422 g/mol. The van der Waals surface area contributed by atoms with Gasteiger partial charge in [0.25, 0.3) is 0 Å². The lowest BCUT2D eigenvalue weighted by molar-refractivity contribution is 0.569. The van der Waals surface area contributed by atoms with E-state index in [-0.39, 0.29) is 11.8 Å². The molecule has 0 radical (unpaired) electrons. The number of hydrogen-bond donors (Lipinski definition) is 3. The lowest BCUT2D eigenvalue weighted by Gasteiger charge is -2.13. The Bertz CT molecular complexity index is 847. The molecule has 0 fully saturated rings. The Labute approximate surface area is 172 Å². The molecule has 0 saturated heterocycles. The van der Waals surface area contributed by atoms with Crippen molar-refractivity contribution in [2.24, 2.45) is 4.99 Å². The van der Waals surface area contributed by atoms with E-state index in [4.69, 9.17) is 0 Å². The van der Waals surface area contributed by atoms with Gasteiger partial charge in [0.1, 0.15) is 0 Å². The van der Waals surface area contributed by atoms with Gasteiger partial charge in [-0.15, -0.1) is 11.3 Å². The van der Waals surface area contributed by atoms with E-state index < -0.39 is 10.0 Å². The molecule has 1 heterocycles. The van der Waals surface area contributed by atoms with E-state index in [9.17, 15) is 8.42 Å². The van der Waals surface area contributed by atoms with Gasteiger partial charge in [0.2, 0.25) is 10.0 Å². The van der Waals surface area contributed by atoms with Crippen LogP contribution in [0.25, 0.3) is 0 Å². The molecule has 1 aromatic heterocycles. The molecular weight excluding hydrogens is 392 g/mol. The third kappa shape index (κ3) is 8.00. The van der Waals surface area contributed by atoms with E-state index in [1.54, 1.807) is 11.3 Å². The van der Waals surface area contributed by atoms with Crippen LogP contribution >= 0.6 is 11.3 Å². The number of nitrogens with one attached hydrogen (secondary N) is 3. The van der Waals surface area contributed by atoms with Gasteiger partial charge in [0, 0.05) is 24.0 Å². The van der Waals surface area contributed by atoms with Crippen LogP contribution < -0.4 is 15.4 Å². The van der Waals surface area contributed by atoms with E-state index in [0.717, 1.165) is 36.6 Å². The van der Waals surface area contributed by atoms with Crippen LogP contribution in [0.2, 0.25) is 0 Å². The molecule has 0 unspecified atom stereocenters. The van der Waals surface area contributed by atoms with Crippen LogP contribution in [-0.2, 0) is 28.7 Å². The Kier molecular flexibility index (Phi) is 8.95. The van der Waals surface area contributed by atoms with Gasteiger partial charge in [-0.25, -0.2) is 18.1 Å². The van der Waals surface area contributed by atoms with Gasteiger partial charge >= 0.3 is 0 Å². The third-order valence-electron chi connectivity index (χ3n) is 3.87. The highest BCUT2D eigenvalue weighted by Crippen LogP contribution is 2.14. The topological polar surface area (TPSA) is 82.6 Å². The molecule has 2 aromatic rings. The highest BCUT2D eigenvalue weighted by Gasteiger charge is 2.15. The molecule has 2 rings (SSSR count). The molecule has 1 aromatic carbocycles. The Balaban J connectivity index is 2.03. The zero-order valence-corrected chi connectivity index (χ0v) is 18.4. The molecular formula is C20H30N4O2S2. The van der Waals surface area contributed by atoms with Crippen LogP contribution in [0.3, 0.4) is 0 Å². The van der Waals surface area contributed by atoms with E-state index in [0.29, 0.717) is 6.54 Å². The van der Waals surface area contributed by atoms with Gasteiger partial charge < -0.3 is 10.6 Å². The van der Waals surface area contributed by atoms with Gasteiger partial charge in [0.05, 0.1) is 12.3 Å². The fourth-order valence-electron chi connectivity index (χ4n) is 2.72. The molecule has 0 saturated carbocycles. The standard InChI is InChI=1S/C20H30N4O2S2/c1-4-21-20(22-12-11-19-10-7-13-27-19)23-14-17-8-5-6-9-18(17)15-28(25,26)24-16(2)3/h5-10,13,16,24H,4,11-12,14-15H2,1-3H3,(H2,21,22,23). The smallest absolute Gasteiger partial charge is 0.216 e. The number of benzene rings is 1. The number of hydrogen-bond acceptors (Lipinski definition) is 4. The zero-order valence-electron chi connectivity index (χ0n) is 16.7. The second-order valence-electron chi connectivity index (χ2n) is 6.75. The Morgan fingerprint density at radius 3 is 2.50 bits per heavy atom. The summed E-state index contributed by atoms with van der Waals surface area (Å²) < 4.78 is 27.2. The summed E-state index contributed by atoms with van der Waals surface area (Å²) in [7, 11) is -3.37. The minimum atomic E-state index is -3.37. The van der Waals surface area contributed by atoms with Gasteiger partial charge in [-0.2, -0.15) is 0 Å². The molecule has 0 bridgehead atoms. The first-order valence-electron chi connectivity index (χ1n) is 9.51. The maximum Gasteiger partial charge on any atom is 0.216 e. The first kappa shape index (κ1) is 22.4. The van der Waals surface area contributed by atoms with Gasteiger partial charge in [-0.3, -0.25) is 0 Å². The average molecular weight is 423 g/mol. The number of aliphatic imine (C=N–C) groups is 1. The molecule has 3 N–H and O–H groups in total. The number of nitrogens with zero attached hydrogens (tertiary/aromatic N) is 1. The van der Waals surface area contributed by atoms with Crippen LogP contribution in [0, 0.1) is 0 Å². The van der Waals surface area contributed by atoms with Crippen molar-refractivity contribution in [1.29, 1.82) is 0 Å². The number of sulfonamides is 1. The van der Waals surface area contributed by atoms with Crippen molar-refractivity contribution in [1.82, 2.24) is 15.4 Å². The van der Waals surface area contributed by atoms with E-state index in [2.05, 4.69) is 37.9 Å². The molecule has 154 valence electrons. The minimum Gasteiger partial charge on any atom is -0.357 e. The van der Waals surface area contributed by atoms with Crippen LogP contribution in [0.1, 0.15) is 36.8 Å². The predicted molar refractivity (Wildman–Crippen MR) is 118 cm³/mol. The van der Waals surface area contributed by atoms with E-state index in [1.807, 2.05) is 45.0 Å². The fraction of sp³-hybridized carbons (Fsp3) is 0.450. The molecule has 0 spiro atoms. The molecule has 0 aliphatic carbocycles. The lowest BCUT2D eigenvalue weighted by atomic mass is 10.1. The SMILES string of the molecule is CCNC(=NCc1ccccc1CS(=O)(=O)NC(C)C)NCCc1cccs1. The first-order chi connectivity index (χ1) is 13.4. The maximum atomic E-state index is 12.3. The first-order valence-corrected chi connectivity index (χ1v) is 12.0. The number of rotatable bonds is 10. The van der Waals surface area contributed by atoms with Crippen LogP contribution in [-0.4, -0.2) is 33.5 Å². The maximum absolute atomic E-state index is 12.3. The summed E-state index contributed by atoms with van der Waals surface area (Å²) in [6.07, 6.45) is 0.942. The second-order valence-corrected chi connectivity index (χ2v) is 9.54. The summed E-state index contributed by atoms with van der Waals surface area (Å²) in [5.74, 6) is 0.691. The Morgan fingerprint density at radius 1 is 1.11 bits per heavy atom. The molecule has 28 heavy (non-hydrogen) atoms. The van der Waals surface area contributed by atoms with Crippen molar-refractivity contribution in [3.63, 3.8) is 0 Å². The van der Waals surface area contributed by atoms with Crippen molar-refractivity contribution in [2.45, 2.75) is 45.5 Å². The summed E-state index contributed by atoms with van der Waals surface area (Å²) >= 11 is 1.75. The second kappa shape index (κ2) is 11.2. The van der Waals surface area contributed by atoms with Crippen molar-refractivity contribution in [3.05, 3.63) is 57.8 Å². The van der Waals surface area contributed by atoms with Crippen molar-refractivity contribution in [3.8, 4) is 0 Å².